The van der Waals surface area contributed by atoms with Crippen molar-refractivity contribution < 1.29 is 28.2 Å². The van der Waals surface area contributed by atoms with Crippen LogP contribution < -0.4 is 14.8 Å². The zero-order valence-electron chi connectivity index (χ0n) is 15.5. The van der Waals surface area contributed by atoms with Crippen LogP contribution in [0.4, 0.5) is 4.39 Å². The Labute approximate surface area is 157 Å². The SMILES string of the molecule is COc1ccc(C(=O)O[C@H](C)C(=O)NCCc2ccc(F)cc2)cc1OC. The first-order valence-corrected chi connectivity index (χ1v) is 8.39. The molecule has 1 amide bonds. The maximum absolute atomic E-state index is 12.9. The number of benzene rings is 2. The van der Waals surface area contributed by atoms with Crippen LogP contribution in [-0.4, -0.2) is 38.7 Å². The highest BCUT2D eigenvalue weighted by atomic mass is 19.1. The van der Waals surface area contributed by atoms with Gasteiger partial charge in [0.2, 0.25) is 0 Å². The van der Waals surface area contributed by atoms with Gasteiger partial charge in [0, 0.05) is 6.54 Å². The third kappa shape index (κ3) is 5.70. The maximum atomic E-state index is 12.9. The van der Waals surface area contributed by atoms with Gasteiger partial charge in [0.25, 0.3) is 5.91 Å². The molecule has 7 heteroatoms. The first kappa shape index (κ1) is 20.2. The fraction of sp³-hybridized carbons (Fsp3) is 0.300. The van der Waals surface area contributed by atoms with Gasteiger partial charge in [0.15, 0.2) is 17.6 Å². The summed E-state index contributed by atoms with van der Waals surface area (Å²) in [5, 5.41) is 2.69. The predicted octanol–water partition coefficient (Wildman–Crippen LogP) is 2.75. The molecule has 0 aliphatic heterocycles. The number of hydrogen-bond acceptors (Lipinski definition) is 5. The summed E-state index contributed by atoms with van der Waals surface area (Å²) in [5.74, 6) is -0.481. The number of nitrogens with one attached hydrogen (secondary N) is 1. The van der Waals surface area contributed by atoms with Gasteiger partial charge >= 0.3 is 5.97 Å². The van der Waals surface area contributed by atoms with Gasteiger partial charge in [0.05, 0.1) is 19.8 Å². The topological polar surface area (TPSA) is 73.9 Å². The molecule has 0 aliphatic carbocycles. The summed E-state index contributed by atoms with van der Waals surface area (Å²) in [6.45, 7) is 1.84. The Morgan fingerprint density at radius 1 is 1.04 bits per heavy atom. The Morgan fingerprint density at radius 2 is 1.70 bits per heavy atom. The van der Waals surface area contributed by atoms with E-state index >= 15 is 0 Å². The van der Waals surface area contributed by atoms with E-state index in [1.165, 1.54) is 45.4 Å². The van der Waals surface area contributed by atoms with E-state index in [0.29, 0.717) is 24.5 Å². The summed E-state index contributed by atoms with van der Waals surface area (Å²) in [6, 6.07) is 10.6. The van der Waals surface area contributed by atoms with Gasteiger partial charge < -0.3 is 19.5 Å². The number of halogens is 1. The second kappa shape index (κ2) is 9.56. The maximum Gasteiger partial charge on any atom is 0.339 e. The van der Waals surface area contributed by atoms with Gasteiger partial charge in [-0.25, -0.2) is 9.18 Å². The molecule has 1 atom stereocenters. The predicted molar refractivity (Wildman–Crippen MR) is 97.5 cm³/mol. The van der Waals surface area contributed by atoms with E-state index in [2.05, 4.69) is 5.32 Å². The van der Waals surface area contributed by atoms with Crippen LogP contribution in [0.15, 0.2) is 42.5 Å². The minimum Gasteiger partial charge on any atom is -0.493 e. The minimum absolute atomic E-state index is 0.249. The van der Waals surface area contributed by atoms with Crippen molar-refractivity contribution in [3.8, 4) is 11.5 Å². The monoisotopic (exact) mass is 375 g/mol. The molecule has 0 bridgehead atoms. The molecule has 0 spiro atoms. The van der Waals surface area contributed by atoms with E-state index < -0.39 is 18.0 Å². The third-order valence-corrected chi connectivity index (χ3v) is 3.90. The molecule has 0 saturated heterocycles. The van der Waals surface area contributed by atoms with Crippen molar-refractivity contribution in [2.75, 3.05) is 20.8 Å². The lowest BCUT2D eigenvalue weighted by Crippen LogP contribution is -2.36. The van der Waals surface area contributed by atoms with Gasteiger partial charge in [-0.05, 0) is 49.2 Å². The van der Waals surface area contributed by atoms with Crippen molar-refractivity contribution in [3.63, 3.8) is 0 Å². The Hall–Kier alpha value is -3.09. The van der Waals surface area contributed by atoms with Crippen LogP contribution in [0.3, 0.4) is 0 Å². The summed E-state index contributed by atoms with van der Waals surface area (Å²) < 4.78 is 28.3. The van der Waals surface area contributed by atoms with Crippen LogP contribution in [0.2, 0.25) is 0 Å². The Balaban J connectivity index is 1.86. The van der Waals surface area contributed by atoms with Crippen molar-refractivity contribution in [1.29, 1.82) is 0 Å². The molecule has 0 radical (unpaired) electrons. The second-order valence-corrected chi connectivity index (χ2v) is 5.78. The van der Waals surface area contributed by atoms with Crippen LogP contribution in [0.5, 0.6) is 11.5 Å². The van der Waals surface area contributed by atoms with Crippen molar-refractivity contribution in [3.05, 3.63) is 59.4 Å². The summed E-state index contributed by atoms with van der Waals surface area (Å²) >= 11 is 0. The number of rotatable bonds is 8. The fourth-order valence-corrected chi connectivity index (χ4v) is 2.37. The van der Waals surface area contributed by atoms with Crippen LogP contribution in [0, 0.1) is 5.82 Å². The number of amides is 1. The van der Waals surface area contributed by atoms with Crippen molar-refractivity contribution in [2.45, 2.75) is 19.4 Å². The summed E-state index contributed by atoms with van der Waals surface area (Å²) in [6.07, 6.45) is -0.415. The first-order valence-electron chi connectivity index (χ1n) is 8.39. The molecule has 0 aliphatic rings. The van der Waals surface area contributed by atoms with E-state index in [0.717, 1.165) is 5.56 Å². The van der Waals surface area contributed by atoms with Gasteiger partial charge in [-0.2, -0.15) is 0 Å². The summed E-state index contributed by atoms with van der Waals surface area (Å²) in [7, 11) is 2.96. The number of ether oxygens (including phenoxy) is 3. The van der Waals surface area contributed by atoms with Crippen LogP contribution in [0.25, 0.3) is 0 Å². The minimum atomic E-state index is -0.959. The average Bonchev–Trinajstić information content (AvgIpc) is 2.68. The number of carbonyl (C=O) groups excluding carboxylic acids is 2. The summed E-state index contributed by atoms with van der Waals surface area (Å²) in [4.78, 5) is 24.3. The van der Waals surface area contributed by atoms with Crippen LogP contribution in [-0.2, 0) is 16.0 Å². The number of esters is 1. The molecule has 2 aromatic carbocycles. The molecule has 6 nitrogen and oxygen atoms in total. The van der Waals surface area contributed by atoms with E-state index in [1.54, 1.807) is 18.2 Å². The Bertz CT molecular complexity index is 791. The van der Waals surface area contributed by atoms with Crippen molar-refractivity contribution in [1.82, 2.24) is 5.32 Å². The molecular weight excluding hydrogens is 353 g/mol. The van der Waals surface area contributed by atoms with Gasteiger partial charge in [-0.15, -0.1) is 0 Å². The zero-order chi connectivity index (χ0) is 19.8. The summed E-state index contributed by atoms with van der Waals surface area (Å²) in [5.41, 5.74) is 1.14. The molecule has 2 rings (SSSR count). The lowest BCUT2D eigenvalue weighted by Gasteiger charge is -2.14. The molecule has 1 N–H and O–H groups in total. The third-order valence-electron chi connectivity index (χ3n) is 3.90. The van der Waals surface area contributed by atoms with E-state index in [4.69, 9.17) is 14.2 Å². The van der Waals surface area contributed by atoms with Crippen molar-refractivity contribution >= 4 is 11.9 Å². The fourth-order valence-electron chi connectivity index (χ4n) is 2.37. The quantitative estimate of drug-likeness (QED) is 0.718. The molecule has 27 heavy (non-hydrogen) atoms. The highest BCUT2D eigenvalue weighted by molar-refractivity contribution is 5.92. The average molecular weight is 375 g/mol. The lowest BCUT2D eigenvalue weighted by atomic mass is 10.1. The molecule has 0 heterocycles. The molecule has 0 aromatic heterocycles. The van der Waals surface area contributed by atoms with Gasteiger partial charge in [-0.1, -0.05) is 12.1 Å². The zero-order valence-corrected chi connectivity index (χ0v) is 15.5. The number of methoxy groups -OCH3 is 2. The van der Waals surface area contributed by atoms with E-state index in [1.807, 2.05) is 0 Å². The molecule has 2 aromatic rings. The lowest BCUT2D eigenvalue weighted by molar-refractivity contribution is -0.129. The molecular formula is C20H22FNO5. The smallest absolute Gasteiger partial charge is 0.339 e. The molecule has 0 fully saturated rings. The Kier molecular flexibility index (Phi) is 7.16. The number of hydrogen-bond donors (Lipinski definition) is 1. The molecule has 0 unspecified atom stereocenters. The highest BCUT2D eigenvalue weighted by Crippen LogP contribution is 2.27. The van der Waals surface area contributed by atoms with E-state index in [-0.39, 0.29) is 11.4 Å². The van der Waals surface area contributed by atoms with Gasteiger partial charge in [-0.3, -0.25) is 4.79 Å². The first-order chi connectivity index (χ1) is 12.9. The van der Waals surface area contributed by atoms with Gasteiger partial charge in [0.1, 0.15) is 5.82 Å². The van der Waals surface area contributed by atoms with Crippen molar-refractivity contribution in [2.24, 2.45) is 0 Å². The normalized spacial score (nSPS) is 11.4. The van der Waals surface area contributed by atoms with Crippen LogP contribution >= 0.6 is 0 Å². The highest BCUT2D eigenvalue weighted by Gasteiger charge is 2.19. The van der Waals surface area contributed by atoms with Crippen LogP contribution in [0.1, 0.15) is 22.8 Å². The standard InChI is InChI=1S/C20H22FNO5/c1-13(19(23)22-11-10-14-4-7-16(21)8-5-14)27-20(24)15-6-9-17(25-2)18(12-15)26-3/h4-9,12-13H,10-11H2,1-3H3,(H,22,23)/t13-/m1/s1. The molecule has 0 saturated carbocycles. The number of carbonyl (C=O) groups is 2. The Morgan fingerprint density at radius 3 is 2.33 bits per heavy atom. The second-order valence-electron chi connectivity index (χ2n) is 5.78. The molecule has 144 valence electrons. The van der Waals surface area contributed by atoms with E-state index in [9.17, 15) is 14.0 Å². The largest absolute Gasteiger partial charge is 0.493 e.